The first-order chi connectivity index (χ1) is 6.90. The molecule has 72 valence electrons. The van der Waals surface area contributed by atoms with Crippen molar-refractivity contribution in [2.75, 3.05) is 11.9 Å². The Kier molecular flexibility index (Phi) is 2.74. The minimum atomic E-state index is 0.693. The summed E-state index contributed by atoms with van der Waals surface area (Å²) in [6.45, 7) is 2.87. The van der Waals surface area contributed by atoms with E-state index in [1.807, 2.05) is 24.4 Å². The van der Waals surface area contributed by atoms with Crippen LogP contribution in [-0.2, 0) is 0 Å². The summed E-state index contributed by atoms with van der Waals surface area (Å²) in [5.74, 6) is 0.693. The fraction of sp³-hybridized carbons (Fsp3) is 0.200. The van der Waals surface area contributed by atoms with Crippen molar-refractivity contribution in [1.29, 1.82) is 0 Å². The first-order valence-corrected chi connectivity index (χ1v) is 5.39. The molecule has 2 aromatic heterocycles. The summed E-state index contributed by atoms with van der Waals surface area (Å²) in [6.07, 6.45) is 1.78. The first-order valence-electron chi connectivity index (χ1n) is 4.51. The van der Waals surface area contributed by atoms with Crippen LogP contribution >= 0.6 is 11.3 Å². The standard InChI is InChI=1S/C10H11N3S/c1-2-11-10-12-6-5-8(13-10)9-4-3-7-14-9/h3-7H,2H2,1H3,(H,11,12,13). The molecule has 0 saturated heterocycles. The molecule has 0 aromatic carbocycles. The SMILES string of the molecule is CCNc1nccc(-c2cccs2)n1. The number of nitrogens with zero attached hydrogens (tertiary/aromatic N) is 2. The van der Waals surface area contributed by atoms with E-state index in [-0.39, 0.29) is 0 Å². The highest BCUT2D eigenvalue weighted by molar-refractivity contribution is 7.13. The monoisotopic (exact) mass is 205 g/mol. The molecule has 2 rings (SSSR count). The summed E-state index contributed by atoms with van der Waals surface area (Å²) in [5, 5.41) is 5.14. The van der Waals surface area contributed by atoms with Crippen LogP contribution in [0.25, 0.3) is 10.6 Å². The molecule has 0 aliphatic carbocycles. The topological polar surface area (TPSA) is 37.8 Å². The van der Waals surface area contributed by atoms with E-state index in [0.29, 0.717) is 5.95 Å². The lowest BCUT2D eigenvalue weighted by Crippen LogP contribution is -2.01. The number of thiophene rings is 1. The minimum absolute atomic E-state index is 0.693. The van der Waals surface area contributed by atoms with E-state index in [4.69, 9.17) is 0 Å². The van der Waals surface area contributed by atoms with E-state index in [9.17, 15) is 0 Å². The zero-order valence-corrected chi connectivity index (χ0v) is 8.71. The average Bonchev–Trinajstić information content (AvgIpc) is 2.71. The fourth-order valence-electron chi connectivity index (χ4n) is 1.16. The normalized spacial score (nSPS) is 10.1. The highest BCUT2D eigenvalue weighted by Gasteiger charge is 2.01. The Balaban J connectivity index is 2.31. The summed E-state index contributed by atoms with van der Waals surface area (Å²) in [7, 11) is 0. The summed E-state index contributed by atoms with van der Waals surface area (Å²) < 4.78 is 0. The molecular formula is C10H11N3S. The molecule has 4 heteroatoms. The lowest BCUT2D eigenvalue weighted by molar-refractivity contribution is 1.09. The minimum Gasteiger partial charge on any atom is -0.354 e. The predicted octanol–water partition coefficient (Wildman–Crippen LogP) is 2.64. The Bertz CT molecular complexity index is 398. The van der Waals surface area contributed by atoms with Crippen molar-refractivity contribution >= 4 is 17.3 Å². The van der Waals surface area contributed by atoms with Gasteiger partial charge in [0.25, 0.3) is 0 Å². The zero-order chi connectivity index (χ0) is 9.80. The highest BCUT2D eigenvalue weighted by Crippen LogP contribution is 2.22. The van der Waals surface area contributed by atoms with Gasteiger partial charge < -0.3 is 5.32 Å². The Morgan fingerprint density at radius 2 is 2.36 bits per heavy atom. The number of anilines is 1. The summed E-state index contributed by atoms with van der Waals surface area (Å²) in [5.41, 5.74) is 0.978. The van der Waals surface area contributed by atoms with Gasteiger partial charge in [0, 0.05) is 12.7 Å². The molecule has 0 aliphatic rings. The Hall–Kier alpha value is -1.42. The van der Waals surface area contributed by atoms with E-state index in [0.717, 1.165) is 12.2 Å². The fourth-order valence-corrected chi connectivity index (χ4v) is 1.86. The van der Waals surface area contributed by atoms with Crippen molar-refractivity contribution in [3.63, 3.8) is 0 Å². The highest BCUT2D eigenvalue weighted by atomic mass is 32.1. The van der Waals surface area contributed by atoms with Gasteiger partial charge in [-0.1, -0.05) is 6.07 Å². The van der Waals surface area contributed by atoms with E-state index >= 15 is 0 Å². The third kappa shape index (κ3) is 1.90. The maximum absolute atomic E-state index is 4.39. The molecule has 0 spiro atoms. The Labute approximate surface area is 86.8 Å². The van der Waals surface area contributed by atoms with Gasteiger partial charge in [-0.2, -0.15) is 0 Å². The van der Waals surface area contributed by atoms with Gasteiger partial charge in [0.1, 0.15) is 0 Å². The number of aromatic nitrogens is 2. The van der Waals surface area contributed by atoms with Gasteiger partial charge in [0.2, 0.25) is 5.95 Å². The number of nitrogens with one attached hydrogen (secondary N) is 1. The molecule has 0 unspecified atom stereocenters. The van der Waals surface area contributed by atoms with Gasteiger partial charge >= 0.3 is 0 Å². The molecule has 0 saturated carbocycles. The molecular weight excluding hydrogens is 194 g/mol. The maximum Gasteiger partial charge on any atom is 0.223 e. The molecule has 2 heterocycles. The summed E-state index contributed by atoms with van der Waals surface area (Å²) >= 11 is 1.68. The van der Waals surface area contributed by atoms with Crippen molar-refractivity contribution in [3.05, 3.63) is 29.8 Å². The van der Waals surface area contributed by atoms with Gasteiger partial charge in [-0.3, -0.25) is 0 Å². The lowest BCUT2D eigenvalue weighted by Gasteiger charge is -2.01. The van der Waals surface area contributed by atoms with Crippen molar-refractivity contribution in [2.24, 2.45) is 0 Å². The predicted molar refractivity (Wildman–Crippen MR) is 59.5 cm³/mol. The van der Waals surface area contributed by atoms with Gasteiger partial charge in [0.05, 0.1) is 10.6 Å². The third-order valence-corrected chi connectivity index (χ3v) is 2.66. The second kappa shape index (κ2) is 4.19. The van der Waals surface area contributed by atoms with E-state index in [2.05, 4.69) is 21.4 Å². The quantitative estimate of drug-likeness (QED) is 0.837. The molecule has 0 amide bonds. The van der Waals surface area contributed by atoms with Crippen LogP contribution in [0.3, 0.4) is 0 Å². The van der Waals surface area contributed by atoms with E-state index in [1.54, 1.807) is 17.5 Å². The number of rotatable bonds is 3. The van der Waals surface area contributed by atoms with Crippen LogP contribution in [0.5, 0.6) is 0 Å². The van der Waals surface area contributed by atoms with Gasteiger partial charge in [0.15, 0.2) is 0 Å². The maximum atomic E-state index is 4.39. The Morgan fingerprint density at radius 3 is 3.07 bits per heavy atom. The van der Waals surface area contributed by atoms with Crippen LogP contribution in [0, 0.1) is 0 Å². The van der Waals surface area contributed by atoms with Crippen LogP contribution in [0.2, 0.25) is 0 Å². The summed E-state index contributed by atoms with van der Waals surface area (Å²) in [4.78, 5) is 9.69. The third-order valence-electron chi connectivity index (χ3n) is 1.76. The van der Waals surface area contributed by atoms with Crippen LogP contribution in [0.1, 0.15) is 6.92 Å². The molecule has 0 aliphatic heterocycles. The molecule has 0 radical (unpaired) electrons. The summed E-state index contributed by atoms with van der Waals surface area (Å²) in [6, 6.07) is 6.00. The molecule has 1 N–H and O–H groups in total. The molecule has 3 nitrogen and oxygen atoms in total. The average molecular weight is 205 g/mol. The molecule has 14 heavy (non-hydrogen) atoms. The second-order valence-electron chi connectivity index (χ2n) is 2.77. The van der Waals surface area contributed by atoms with Gasteiger partial charge in [-0.15, -0.1) is 11.3 Å². The largest absolute Gasteiger partial charge is 0.354 e. The molecule has 0 fully saturated rings. The molecule has 0 atom stereocenters. The number of hydrogen-bond donors (Lipinski definition) is 1. The smallest absolute Gasteiger partial charge is 0.223 e. The van der Waals surface area contributed by atoms with Gasteiger partial charge in [-0.25, -0.2) is 9.97 Å². The van der Waals surface area contributed by atoms with Crippen molar-refractivity contribution in [3.8, 4) is 10.6 Å². The van der Waals surface area contributed by atoms with Crippen LogP contribution in [-0.4, -0.2) is 16.5 Å². The van der Waals surface area contributed by atoms with Crippen molar-refractivity contribution in [1.82, 2.24) is 9.97 Å². The van der Waals surface area contributed by atoms with Crippen molar-refractivity contribution in [2.45, 2.75) is 6.92 Å². The molecule has 2 aromatic rings. The first kappa shape index (κ1) is 9.15. The zero-order valence-electron chi connectivity index (χ0n) is 7.90. The van der Waals surface area contributed by atoms with E-state index in [1.165, 1.54) is 4.88 Å². The van der Waals surface area contributed by atoms with Crippen LogP contribution in [0.4, 0.5) is 5.95 Å². The van der Waals surface area contributed by atoms with Gasteiger partial charge in [-0.05, 0) is 24.4 Å². The Morgan fingerprint density at radius 1 is 1.43 bits per heavy atom. The van der Waals surface area contributed by atoms with E-state index < -0.39 is 0 Å². The van der Waals surface area contributed by atoms with Crippen molar-refractivity contribution < 1.29 is 0 Å². The van der Waals surface area contributed by atoms with Crippen LogP contribution < -0.4 is 5.32 Å². The number of hydrogen-bond acceptors (Lipinski definition) is 4. The molecule has 0 bridgehead atoms. The lowest BCUT2D eigenvalue weighted by atomic mass is 10.3. The van der Waals surface area contributed by atoms with Crippen LogP contribution in [0.15, 0.2) is 29.8 Å². The second-order valence-corrected chi connectivity index (χ2v) is 3.72.